The Kier molecular flexibility index (Phi) is 2.84. The number of hydrogen-bond acceptors (Lipinski definition) is 3. The van der Waals surface area contributed by atoms with E-state index in [0.717, 1.165) is 0 Å². The van der Waals surface area contributed by atoms with Gasteiger partial charge < -0.3 is 4.74 Å². The molecule has 0 aromatic heterocycles. The van der Waals surface area contributed by atoms with Crippen LogP contribution in [-0.4, -0.2) is 12.6 Å². The summed E-state index contributed by atoms with van der Waals surface area (Å²) < 4.78 is 18.5. The largest absolute Gasteiger partial charge is 0.465 e. The minimum atomic E-state index is -0.676. The average Bonchev–Trinajstić information content (AvgIpc) is 3.10. The second-order valence-corrected chi connectivity index (χ2v) is 4.11. The molecular weight excluding hydrogens is 221 g/mol. The summed E-state index contributed by atoms with van der Waals surface area (Å²) in [6.45, 7) is 2.06. The Labute approximate surface area is 98.8 Å². The number of esters is 1. The van der Waals surface area contributed by atoms with E-state index in [2.05, 4.69) is 0 Å². The molecule has 2 rings (SSSR count). The third kappa shape index (κ3) is 1.89. The number of hydrogen-bond donors (Lipinski definition) is 0. The Bertz CT molecular complexity index is 501. The molecule has 3 nitrogen and oxygen atoms in total. The molecule has 0 spiro atoms. The van der Waals surface area contributed by atoms with Gasteiger partial charge in [-0.25, -0.2) is 4.39 Å². The van der Waals surface area contributed by atoms with E-state index in [1.165, 1.54) is 12.1 Å². The Morgan fingerprint density at radius 3 is 2.76 bits per heavy atom. The first-order valence-electron chi connectivity index (χ1n) is 5.51. The summed E-state index contributed by atoms with van der Waals surface area (Å²) in [6.07, 6.45) is 1.36. The summed E-state index contributed by atoms with van der Waals surface area (Å²) >= 11 is 0. The van der Waals surface area contributed by atoms with Gasteiger partial charge in [0.05, 0.1) is 17.6 Å². The van der Waals surface area contributed by atoms with Crippen molar-refractivity contribution in [3.63, 3.8) is 0 Å². The number of carbonyl (C=O) groups excluding carboxylic acids is 1. The molecular formula is C13H12FNO2. The van der Waals surface area contributed by atoms with E-state index >= 15 is 0 Å². The van der Waals surface area contributed by atoms with Crippen molar-refractivity contribution in [3.05, 3.63) is 35.1 Å². The maximum absolute atomic E-state index is 13.5. The lowest BCUT2D eigenvalue weighted by molar-refractivity contribution is -0.146. The summed E-state index contributed by atoms with van der Waals surface area (Å²) in [5.41, 5.74) is -0.0777. The highest BCUT2D eigenvalue weighted by Gasteiger charge is 2.52. The van der Waals surface area contributed by atoms with E-state index in [9.17, 15) is 9.18 Å². The lowest BCUT2D eigenvalue weighted by Gasteiger charge is -2.14. The summed E-state index contributed by atoms with van der Waals surface area (Å²) in [4.78, 5) is 11.8. The second-order valence-electron chi connectivity index (χ2n) is 4.11. The minimum absolute atomic E-state index is 0.00610. The molecule has 0 heterocycles. The van der Waals surface area contributed by atoms with Crippen molar-refractivity contribution in [2.75, 3.05) is 6.61 Å². The molecule has 4 heteroatoms. The maximum atomic E-state index is 13.5. The lowest BCUT2D eigenvalue weighted by Crippen LogP contribution is -2.23. The van der Waals surface area contributed by atoms with Crippen LogP contribution in [0.15, 0.2) is 18.2 Å². The van der Waals surface area contributed by atoms with Gasteiger partial charge >= 0.3 is 5.97 Å². The minimum Gasteiger partial charge on any atom is -0.465 e. The van der Waals surface area contributed by atoms with Gasteiger partial charge in [0.2, 0.25) is 0 Å². The molecule has 1 saturated carbocycles. The van der Waals surface area contributed by atoms with Crippen LogP contribution in [0.3, 0.4) is 0 Å². The first-order chi connectivity index (χ1) is 8.14. The summed E-state index contributed by atoms with van der Waals surface area (Å²) in [5, 5.41) is 8.64. The molecule has 0 atom stereocenters. The molecule has 1 fully saturated rings. The van der Waals surface area contributed by atoms with Crippen LogP contribution in [0.4, 0.5) is 4.39 Å². The molecule has 1 aliphatic rings. The van der Waals surface area contributed by atoms with Gasteiger partial charge in [-0.05, 0) is 37.5 Å². The molecule has 0 N–H and O–H groups in total. The average molecular weight is 233 g/mol. The molecule has 0 amide bonds. The molecule has 0 unspecified atom stereocenters. The molecule has 1 aliphatic carbocycles. The van der Waals surface area contributed by atoms with Gasteiger partial charge in [-0.1, -0.05) is 6.07 Å². The molecule has 0 aliphatic heterocycles. The molecule has 1 aromatic rings. The van der Waals surface area contributed by atoms with E-state index in [-0.39, 0.29) is 11.5 Å². The van der Waals surface area contributed by atoms with Crippen LogP contribution in [0.2, 0.25) is 0 Å². The van der Waals surface area contributed by atoms with E-state index in [0.29, 0.717) is 25.0 Å². The highest BCUT2D eigenvalue weighted by atomic mass is 19.1. The zero-order valence-electron chi connectivity index (χ0n) is 9.50. The first-order valence-corrected chi connectivity index (χ1v) is 5.51. The highest BCUT2D eigenvalue weighted by Crippen LogP contribution is 2.49. The van der Waals surface area contributed by atoms with Gasteiger partial charge in [0.25, 0.3) is 0 Å². The Morgan fingerprint density at radius 2 is 2.29 bits per heavy atom. The number of nitrogens with zero attached hydrogens (tertiary/aromatic N) is 1. The van der Waals surface area contributed by atoms with E-state index in [1.807, 2.05) is 0 Å². The van der Waals surface area contributed by atoms with Crippen molar-refractivity contribution in [2.45, 2.75) is 25.2 Å². The summed E-state index contributed by atoms with van der Waals surface area (Å²) in [7, 11) is 0. The van der Waals surface area contributed by atoms with Crippen molar-refractivity contribution in [1.29, 1.82) is 5.26 Å². The third-order valence-corrected chi connectivity index (χ3v) is 3.06. The normalized spacial score (nSPS) is 16.1. The lowest BCUT2D eigenvalue weighted by atomic mass is 9.95. The number of halogens is 1. The zero-order chi connectivity index (χ0) is 12.5. The van der Waals surface area contributed by atoms with Crippen LogP contribution in [-0.2, 0) is 14.9 Å². The standard InChI is InChI=1S/C13H12FNO2/c1-2-17-12(16)13(5-6-13)10-4-3-9(8-15)11(14)7-10/h3-4,7H,2,5-6H2,1H3. The summed E-state index contributed by atoms with van der Waals surface area (Å²) in [5.74, 6) is -0.885. The number of rotatable bonds is 3. The number of nitriles is 1. The van der Waals surface area contributed by atoms with Crippen LogP contribution in [0.25, 0.3) is 0 Å². The molecule has 0 bridgehead atoms. The van der Waals surface area contributed by atoms with E-state index in [1.54, 1.807) is 19.1 Å². The Morgan fingerprint density at radius 1 is 1.59 bits per heavy atom. The van der Waals surface area contributed by atoms with Crippen LogP contribution in [0.5, 0.6) is 0 Å². The van der Waals surface area contributed by atoms with Crippen LogP contribution in [0.1, 0.15) is 30.9 Å². The van der Waals surface area contributed by atoms with Gasteiger partial charge in [-0.15, -0.1) is 0 Å². The predicted molar refractivity (Wildman–Crippen MR) is 58.7 cm³/mol. The van der Waals surface area contributed by atoms with Gasteiger partial charge in [-0.3, -0.25) is 4.79 Å². The number of benzene rings is 1. The molecule has 0 saturated heterocycles. The molecule has 88 valence electrons. The Hall–Kier alpha value is -1.89. The van der Waals surface area contributed by atoms with Crippen molar-refractivity contribution in [1.82, 2.24) is 0 Å². The quantitative estimate of drug-likeness (QED) is 0.752. The van der Waals surface area contributed by atoms with Gasteiger partial charge in [0, 0.05) is 0 Å². The smallest absolute Gasteiger partial charge is 0.316 e. The van der Waals surface area contributed by atoms with Crippen molar-refractivity contribution >= 4 is 5.97 Å². The molecule has 0 radical (unpaired) electrons. The van der Waals surface area contributed by atoms with Crippen molar-refractivity contribution in [3.8, 4) is 6.07 Å². The first kappa shape index (κ1) is 11.6. The number of carbonyl (C=O) groups is 1. The van der Waals surface area contributed by atoms with Gasteiger partial charge in [-0.2, -0.15) is 5.26 Å². The van der Waals surface area contributed by atoms with E-state index < -0.39 is 11.2 Å². The van der Waals surface area contributed by atoms with Crippen LogP contribution >= 0.6 is 0 Å². The van der Waals surface area contributed by atoms with Gasteiger partial charge in [0.1, 0.15) is 11.9 Å². The summed E-state index contributed by atoms with van der Waals surface area (Å²) in [6, 6.07) is 6.06. The fraction of sp³-hybridized carbons (Fsp3) is 0.385. The predicted octanol–water partition coefficient (Wildman–Crippen LogP) is 2.29. The monoisotopic (exact) mass is 233 g/mol. The highest BCUT2D eigenvalue weighted by molar-refractivity contribution is 5.86. The van der Waals surface area contributed by atoms with Gasteiger partial charge in [0.15, 0.2) is 0 Å². The van der Waals surface area contributed by atoms with Crippen molar-refractivity contribution < 1.29 is 13.9 Å². The zero-order valence-corrected chi connectivity index (χ0v) is 9.50. The fourth-order valence-corrected chi connectivity index (χ4v) is 1.91. The SMILES string of the molecule is CCOC(=O)C1(c2ccc(C#N)c(F)c2)CC1. The number of ether oxygens (including phenoxy) is 1. The topological polar surface area (TPSA) is 50.1 Å². The maximum Gasteiger partial charge on any atom is 0.316 e. The molecule has 17 heavy (non-hydrogen) atoms. The fourth-order valence-electron chi connectivity index (χ4n) is 1.91. The second kappa shape index (κ2) is 4.17. The van der Waals surface area contributed by atoms with E-state index in [4.69, 9.17) is 10.00 Å². The van der Waals surface area contributed by atoms with Crippen molar-refractivity contribution in [2.24, 2.45) is 0 Å². The van der Waals surface area contributed by atoms with Crippen LogP contribution in [0, 0.1) is 17.1 Å². The van der Waals surface area contributed by atoms with Crippen LogP contribution < -0.4 is 0 Å². The third-order valence-electron chi connectivity index (χ3n) is 3.06. The molecule has 1 aromatic carbocycles. The Balaban J connectivity index is 2.32.